The molecule has 31 heavy (non-hydrogen) atoms. The summed E-state index contributed by atoms with van der Waals surface area (Å²) in [5.41, 5.74) is 1.63. The van der Waals surface area contributed by atoms with Crippen molar-refractivity contribution in [3.63, 3.8) is 0 Å². The number of fused-ring (bicyclic) bond motifs is 1. The number of anilines is 1. The molecule has 0 bridgehead atoms. The first-order valence-corrected chi connectivity index (χ1v) is 12.3. The van der Waals surface area contributed by atoms with Crippen molar-refractivity contribution in [2.24, 2.45) is 0 Å². The summed E-state index contributed by atoms with van der Waals surface area (Å²) in [6.45, 7) is 5.83. The summed E-state index contributed by atoms with van der Waals surface area (Å²) in [6, 6.07) is 5.81. The van der Waals surface area contributed by atoms with Gasteiger partial charge in [0.15, 0.2) is 0 Å². The predicted molar refractivity (Wildman–Crippen MR) is 120 cm³/mol. The molecule has 3 rings (SSSR count). The van der Waals surface area contributed by atoms with E-state index >= 15 is 0 Å². The van der Waals surface area contributed by atoms with Crippen molar-refractivity contribution >= 4 is 38.2 Å². The number of nitrogens with one attached hydrogen (secondary N) is 1. The van der Waals surface area contributed by atoms with Crippen LogP contribution in [0.4, 0.5) is 5.00 Å². The van der Waals surface area contributed by atoms with E-state index in [2.05, 4.69) is 10.2 Å². The van der Waals surface area contributed by atoms with Gasteiger partial charge < -0.3 is 15.0 Å². The molecule has 0 radical (unpaired) electrons. The highest BCUT2D eigenvalue weighted by molar-refractivity contribution is 7.89. The van der Waals surface area contributed by atoms with Crippen LogP contribution in [0.3, 0.4) is 0 Å². The number of ether oxygens (including phenoxy) is 1. The van der Waals surface area contributed by atoms with Crippen LogP contribution in [0.25, 0.3) is 0 Å². The zero-order valence-corrected chi connectivity index (χ0v) is 19.7. The molecular formula is C21H27N3O5S2. The summed E-state index contributed by atoms with van der Waals surface area (Å²) in [5, 5.41) is 3.27. The number of benzene rings is 1. The maximum atomic E-state index is 12.8. The Morgan fingerprint density at radius 3 is 2.42 bits per heavy atom. The number of likely N-dealkylation sites (N-methyl/N-ethyl adjacent to an activating group) is 1. The third kappa shape index (κ3) is 4.67. The number of amides is 1. The monoisotopic (exact) mass is 465 g/mol. The second-order valence-corrected chi connectivity index (χ2v) is 10.3. The van der Waals surface area contributed by atoms with E-state index in [9.17, 15) is 18.0 Å². The normalized spacial score (nSPS) is 14.4. The standard InChI is InChI=1S/C21H27N3O5S2/c1-5-24(6-2)31(27,28)15-9-7-14(8-10-15)19(25)22-20-18(21(26)29-4)16-11-12-23(3)13-17(16)30-20/h7-10H,5-6,11-13H2,1-4H3,(H,22,25). The number of hydrogen-bond acceptors (Lipinski definition) is 7. The largest absolute Gasteiger partial charge is 0.465 e. The third-order valence-corrected chi connectivity index (χ3v) is 8.52. The molecule has 1 aliphatic rings. The van der Waals surface area contributed by atoms with Gasteiger partial charge >= 0.3 is 5.97 Å². The lowest BCUT2D eigenvalue weighted by Crippen LogP contribution is -2.30. The van der Waals surface area contributed by atoms with Crippen molar-refractivity contribution in [2.45, 2.75) is 31.7 Å². The molecule has 1 aromatic heterocycles. The van der Waals surface area contributed by atoms with Crippen molar-refractivity contribution in [2.75, 3.05) is 39.1 Å². The van der Waals surface area contributed by atoms with Gasteiger partial charge in [-0.25, -0.2) is 13.2 Å². The lowest BCUT2D eigenvalue weighted by atomic mass is 10.0. The van der Waals surface area contributed by atoms with E-state index in [1.54, 1.807) is 13.8 Å². The van der Waals surface area contributed by atoms with Crippen LogP contribution in [-0.4, -0.2) is 63.3 Å². The highest BCUT2D eigenvalue weighted by Crippen LogP contribution is 2.37. The van der Waals surface area contributed by atoms with Crippen LogP contribution in [0.2, 0.25) is 0 Å². The summed E-state index contributed by atoms with van der Waals surface area (Å²) in [6.07, 6.45) is 0.709. The molecule has 0 saturated carbocycles. The molecule has 0 saturated heterocycles. The van der Waals surface area contributed by atoms with E-state index in [1.807, 2.05) is 7.05 Å². The Balaban J connectivity index is 1.86. The molecule has 1 amide bonds. The molecule has 0 spiro atoms. The van der Waals surface area contributed by atoms with Gasteiger partial charge in [-0.2, -0.15) is 4.31 Å². The Morgan fingerprint density at radius 1 is 1.19 bits per heavy atom. The fraction of sp³-hybridized carbons (Fsp3) is 0.429. The van der Waals surface area contributed by atoms with Crippen LogP contribution in [-0.2, 0) is 27.7 Å². The molecule has 10 heteroatoms. The predicted octanol–water partition coefficient (Wildman–Crippen LogP) is 2.81. The number of methoxy groups -OCH3 is 1. The zero-order chi connectivity index (χ0) is 22.8. The highest BCUT2D eigenvalue weighted by Gasteiger charge is 2.28. The molecule has 2 heterocycles. The quantitative estimate of drug-likeness (QED) is 0.632. The van der Waals surface area contributed by atoms with Gasteiger partial charge in [-0.1, -0.05) is 13.8 Å². The molecule has 1 aromatic carbocycles. The van der Waals surface area contributed by atoms with Crippen LogP contribution in [0, 0.1) is 0 Å². The summed E-state index contributed by atoms with van der Waals surface area (Å²) in [5.74, 6) is -0.887. The minimum Gasteiger partial charge on any atom is -0.465 e. The van der Waals surface area contributed by atoms with Crippen molar-refractivity contribution in [1.29, 1.82) is 0 Å². The number of sulfonamides is 1. The van der Waals surface area contributed by atoms with Gasteiger partial charge in [-0.3, -0.25) is 4.79 Å². The Labute approximate surface area is 186 Å². The number of thiophene rings is 1. The molecule has 0 aliphatic carbocycles. The summed E-state index contributed by atoms with van der Waals surface area (Å²) in [4.78, 5) is 28.5. The molecule has 0 unspecified atom stereocenters. The van der Waals surface area contributed by atoms with Crippen molar-refractivity contribution in [3.8, 4) is 0 Å². The minimum absolute atomic E-state index is 0.137. The van der Waals surface area contributed by atoms with Crippen molar-refractivity contribution in [1.82, 2.24) is 9.21 Å². The van der Waals surface area contributed by atoms with Gasteiger partial charge in [0.25, 0.3) is 5.91 Å². The van der Waals surface area contributed by atoms with Gasteiger partial charge in [-0.15, -0.1) is 11.3 Å². The van der Waals surface area contributed by atoms with Crippen LogP contribution < -0.4 is 5.32 Å². The first kappa shape index (κ1) is 23.4. The average Bonchev–Trinajstić information content (AvgIpc) is 3.10. The number of esters is 1. The van der Waals surface area contributed by atoms with E-state index in [-0.39, 0.29) is 4.90 Å². The Morgan fingerprint density at radius 2 is 1.84 bits per heavy atom. The number of rotatable bonds is 7. The molecule has 0 fully saturated rings. The first-order valence-electron chi connectivity index (χ1n) is 10.1. The SMILES string of the molecule is CCN(CC)S(=O)(=O)c1ccc(C(=O)Nc2sc3c(c2C(=O)OC)CCN(C)C3)cc1. The van der Waals surface area contributed by atoms with E-state index in [0.717, 1.165) is 17.0 Å². The maximum Gasteiger partial charge on any atom is 0.341 e. The third-order valence-electron chi connectivity index (χ3n) is 5.32. The van der Waals surface area contributed by atoms with Gasteiger partial charge in [-0.05, 0) is 43.3 Å². The van der Waals surface area contributed by atoms with Gasteiger partial charge in [0, 0.05) is 36.6 Å². The molecule has 168 valence electrons. The molecule has 2 aromatic rings. The average molecular weight is 466 g/mol. The molecule has 8 nitrogen and oxygen atoms in total. The number of carbonyl (C=O) groups excluding carboxylic acids is 2. The summed E-state index contributed by atoms with van der Waals surface area (Å²) < 4.78 is 31.6. The van der Waals surface area contributed by atoms with E-state index in [0.29, 0.717) is 42.2 Å². The Hall–Kier alpha value is -2.27. The molecule has 0 atom stereocenters. The van der Waals surface area contributed by atoms with Gasteiger partial charge in [0.1, 0.15) is 5.00 Å². The molecular weight excluding hydrogens is 438 g/mol. The Kier molecular flexibility index (Phi) is 7.15. The lowest BCUT2D eigenvalue weighted by molar-refractivity contribution is 0.0600. The first-order chi connectivity index (χ1) is 14.7. The highest BCUT2D eigenvalue weighted by atomic mass is 32.2. The molecule has 1 N–H and O–H groups in total. The van der Waals surface area contributed by atoms with E-state index < -0.39 is 21.9 Å². The Bertz CT molecular complexity index is 1070. The number of nitrogens with zero attached hydrogens (tertiary/aromatic N) is 2. The number of hydrogen-bond donors (Lipinski definition) is 1. The van der Waals surface area contributed by atoms with Gasteiger partial charge in [0.2, 0.25) is 10.0 Å². The number of carbonyl (C=O) groups is 2. The van der Waals surface area contributed by atoms with Crippen LogP contribution in [0.5, 0.6) is 0 Å². The van der Waals surface area contributed by atoms with Crippen LogP contribution >= 0.6 is 11.3 Å². The van der Waals surface area contributed by atoms with E-state index in [1.165, 1.54) is 47.0 Å². The topological polar surface area (TPSA) is 96.0 Å². The second kappa shape index (κ2) is 9.47. The van der Waals surface area contributed by atoms with Crippen LogP contribution in [0.15, 0.2) is 29.2 Å². The van der Waals surface area contributed by atoms with Crippen molar-refractivity contribution < 1.29 is 22.7 Å². The van der Waals surface area contributed by atoms with Gasteiger partial charge in [0.05, 0.1) is 17.6 Å². The smallest absolute Gasteiger partial charge is 0.341 e. The molecule has 1 aliphatic heterocycles. The fourth-order valence-corrected chi connectivity index (χ4v) is 6.37. The maximum absolute atomic E-state index is 12.8. The minimum atomic E-state index is -3.59. The lowest BCUT2D eigenvalue weighted by Gasteiger charge is -2.22. The second-order valence-electron chi connectivity index (χ2n) is 7.26. The zero-order valence-electron chi connectivity index (χ0n) is 18.1. The van der Waals surface area contributed by atoms with E-state index in [4.69, 9.17) is 4.74 Å². The van der Waals surface area contributed by atoms with Crippen LogP contribution in [0.1, 0.15) is 45.0 Å². The fourth-order valence-electron chi connectivity index (χ4n) is 3.60. The summed E-state index contributed by atoms with van der Waals surface area (Å²) in [7, 11) is -0.265. The van der Waals surface area contributed by atoms with Crippen molar-refractivity contribution in [3.05, 3.63) is 45.8 Å². The summed E-state index contributed by atoms with van der Waals surface area (Å²) >= 11 is 1.37.